The third kappa shape index (κ3) is 4.74. The standard InChI is InChI=1S/C22H24O5/c1-15-11-17(14-27-19-10-6-9-18(19)23)21(22(24)25-2)20(12-15)26-13-16-7-4-3-5-8-16/h3-5,7-8,11-12,19H,6,9-10,13-14H2,1-2H3. The maximum atomic E-state index is 12.4. The van der Waals surface area contributed by atoms with Crippen molar-refractivity contribution in [1.82, 2.24) is 0 Å². The molecule has 3 rings (SSSR count). The van der Waals surface area contributed by atoms with Gasteiger partial charge < -0.3 is 14.2 Å². The molecule has 1 saturated carbocycles. The molecule has 0 heterocycles. The number of rotatable bonds is 7. The molecule has 1 aliphatic carbocycles. The second-order valence-corrected chi connectivity index (χ2v) is 6.72. The fourth-order valence-corrected chi connectivity index (χ4v) is 3.27. The minimum Gasteiger partial charge on any atom is -0.488 e. The summed E-state index contributed by atoms with van der Waals surface area (Å²) >= 11 is 0. The van der Waals surface area contributed by atoms with E-state index in [-0.39, 0.29) is 18.5 Å². The van der Waals surface area contributed by atoms with Gasteiger partial charge in [-0.2, -0.15) is 0 Å². The summed E-state index contributed by atoms with van der Waals surface area (Å²) in [6, 6.07) is 13.4. The number of hydrogen-bond acceptors (Lipinski definition) is 5. The molecule has 1 fully saturated rings. The molecule has 5 heteroatoms. The van der Waals surface area contributed by atoms with Crippen LogP contribution in [0.3, 0.4) is 0 Å². The van der Waals surface area contributed by atoms with E-state index >= 15 is 0 Å². The van der Waals surface area contributed by atoms with Crippen molar-refractivity contribution in [2.24, 2.45) is 0 Å². The van der Waals surface area contributed by atoms with E-state index < -0.39 is 5.97 Å². The van der Waals surface area contributed by atoms with Crippen LogP contribution < -0.4 is 4.74 Å². The molecule has 0 aromatic heterocycles. The lowest BCUT2D eigenvalue weighted by atomic mass is 10.0. The smallest absolute Gasteiger partial charge is 0.342 e. The van der Waals surface area contributed by atoms with Crippen molar-refractivity contribution in [3.63, 3.8) is 0 Å². The van der Waals surface area contributed by atoms with Crippen LogP contribution in [0.25, 0.3) is 0 Å². The predicted molar refractivity (Wildman–Crippen MR) is 101 cm³/mol. The number of carbonyl (C=O) groups excluding carboxylic acids is 2. The fourth-order valence-electron chi connectivity index (χ4n) is 3.27. The van der Waals surface area contributed by atoms with Crippen LogP contribution in [0.1, 0.15) is 46.3 Å². The zero-order chi connectivity index (χ0) is 19.2. The lowest BCUT2D eigenvalue weighted by molar-refractivity contribution is -0.128. The first kappa shape index (κ1) is 19.1. The van der Waals surface area contributed by atoms with Crippen LogP contribution in [0.15, 0.2) is 42.5 Å². The molecule has 0 bridgehead atoms. The van der Waals surface area contributed by atoms with Gasteiger partial charge in [-0.1, -0.05) is 36.4 Å². The molecule has 0 N–H and O–H groups in total. The van der Waals surface area contributed by atoms with E-state index in [9.17, 15) is 9.59 Å². The molecule has 0 saturated heterocycles. The molecule has 0 amide bonds. The van der Waals surface area contributed by atoms with Crippen molar-refractivity contribution in [3.05, 3.63) is 64.7 Å². The van der Waals surface area contributed by atoms with Gasteiger partial charge in [-0.3, -0.25) is 4.79 Å². The Morgan fingerprint density at radius 1 is 1.15 bits per heavy atom. The lowest BCUT2D eigenvalue weighted by Gasteiger charge is -2.17. The van der Waals surface area contributed by atoms with Crippen LogP contribution in [0.2, 0.25) is 0 Å². The maximum Gasteiger partial charge on any atom is 0.342 e. The Labute approximate surface area is 159 Å². The Morgan fingerprint density at radius 2 is 1.93 bits per heavy atom. The number of hydrogen-bond donors (Lipinski definition) is 0. The zero-order valence-electron chi connectivity index (χ0n) is 15.7. The number of Topliss-reactive ketones (excluding diaryl/α,β-unsaturated/α-hetero) is 1. The van der Waals surface area contributed by atoms with Crippen molar-refractivity contribution in [2.75, 3.05) is 7.11 Å². The van der Waals surface area contributed by atoms with E-state index in [1.54, 1.807) is 0 Å². The highest BCUT2D eigenvalue weighted by Crippen LogP contribution is 2.28. The Kier molecular flexibility index (Phi) is 6.24. The van der Waals surface area contributed by atoms with Crippen molar-refractivity contribution >= 4 is 11.8 Å². The fraction of sp³-hybridized carbons (Fsp3) is 0.364. The first-order valence-electron chi connectivity index (χ1n) is 9.11. The highest BCUT2D eigenvalue weighted by atomic mass is 16.5. The van der Waals surface area contributed by atoms with Crippen molar-refractivity contribution in [3.8, 4) is 5.75 Å². The summed E-state index contributed by atoms with van der Waals surface area (Å²) in [5.41, 5.74) is 2.97. The van der Waals surface area contributed by atoms with E-state index in [0.29, 0.717) is 29.9 Å². The normalized spacial score (nSPS) is 16.4. The van der Waals surface area contributed by atoms with E-state index in [1.807, 2.05) is 49.4 Å². The van der Waals surface area contributed by atoms with Crippen molar-refractivity contribution < 1.29 is 23.8 Å². The Morgan fingerprint density at radius 3 is 2.59 bits per heavy atom. The number of ketones is 1. The van der Waals surface area contributed by atoms with Crippen LogP contribution >= 0.6 is 0 Å². The molecule has 2 aromatic carbocycles. The lowest BCUT2D eigenvalue weighted by Crippen LogP contribution is -2.19. The molecule has 1 unspecified atom stereocenters. The van der Waals surface area contributed by atoms with E-state index in [2.05, 4.69) is 0 Å². The number of benzene rings is 2. The third-order valence-electron chi connectivity index (χ3n) is 4.64. The van der Waals surface area contributed by atoms with Crippen molar-refractivity contribution in [2.45, 2.75) is 45.5 Å². The van der Waals surface area contributed by atoms with Gasteiger partial charge in [0, 0.05) is 6.42 Å². The Balaban J connectivity index is 1.83. The molecule has 1 aliphatic rings. The van der Waals surface area contributed by atoms with E-state index in [0.717, 1.165) is 24.0 Å². The van der Waals surface area contributed by atoms with E-state index in [1.165, 1.54) is 7.11 Å². The summed E-state index contributed by atoms with van der Waals surface area (Å²) in [4.78, 5) is 24.2. The minimum atomic E-state index is -0.477. The largest absolute Gasteiger partial charge is 0.488 e. The summed E-state index contributed by atoms with van der Waals surface area (Å²) in [7, 11) is 1.34. The molecular formula is C22H24O5. The monoisotopic (exact) mass is 368 g/mol. The Bertz CT molecular complexity index is 813. The molecule has 27 heavy (non-hydrogen) atoms. The molecule has 0 spiro atoms. The molecule has 142 valence electrons. The summed E-state index contributed by atoms with van der Waals surface area (Å²) in [6.07, 6.45) is 1.76. The molecule has 1 atom stereocenters. The number of methoxy groups -OCH3 is 1. The van der Waals surface area contributed by atoms with E-state index in [4.69, 9.17) is 14.2 Å². The van der Waals surface area contributed by atoms with Crippen LogP contribution in [0.5, 0.6) is 5.75 Å². The average Bonchev–Trinajstić information content (AvgIpc) is 3.09. The molecule has 5 nitrogen and oxygen atoms in total. The first-order valence-corrected chi connectivity index (χ1v) is 9.11. The van der Waals surface area contributed by atoms with Gasteiger partial charge in [0.1, 0.15) is 24.0 Å². The van der Waals surface area contributed by atoms with Gasteiger partial charge >= 0.3 is 5.97 Å². The predicted octanol–water partition coefficient (Wildman–Crippen LogP) is 4.00. The van der Waals surface area contributed by atoms with Gasteiger partial charge in [0.2, 0.25) is 0 Å². The quantitative estimate of drug-likeness (QED) is 0.691. The topological polar surface area (TPSA) is 61.8 Å². The van der Waals surface area contributed by atoms with Crippen LogP contribution in [-0.4, -0.2) is 25.0 Å². The second-order valence-electron chi connectivity index (χ2n) is 6.72. The number of ether oxygens (including phenoxy) is 3. The molecular weight excluding hydrogens is 344 g/mol. The SMILES string of the molecule is COC(=O)c1c(COC2CCCC2=O)cc(C)cc1OCc1ccccc1. The Hall–Kier alpha value is -2.66. The maximum absolute atomic E-state index is 12.4. The highest BCUT2D eigenvalue weighted by Gasteiger charge is 2.26. The van der Waals surface area contributed by atoms with Gasteiger partial charge in [0.05, 0.1) is 13.7 Å². The van der Waals surface area contributed by atoms with Gasteiger partial charge in [-0.05, 0) is 42.5 Å². The molecule has 0 aliphatic heterocycles. The summed E-state index contributed by atoms with van der Waals surface area (Å²) in [5.74, 6) is 0.110. The van der Waals surface area contributed by atoms with Gasteiger partial charge in [0.15, 0.2) is 5.78 Å². The number of esters is 1. The second kappa shape index (κ2) is 8.82. The minimum absolute atomic E-state index is 0.128. The zero-order valence-corrected chi connectivity index (χ0v) is 15.7. The first-order chi connectivity index (χ1) is 13.1. The third-order valence-corrected chi connectivity index (χ3v) is 4.64. The summed E-state index contributed by atoms with van der Waals surface area (Å²) in [5, 5.41) is 0. The summed E-state index contributed by atoms with van der Waals surface area (Å²) in [6.45, 7) is 2.45. The van der Waals surface area contributed by atoms with Gasteiger partial charge in [-0.15, -0.1) is 0 Å². The van der Waals surface area contributed by atoms with Gasteiger partial charge in [0.25, 0.3) is 0 Å². The van der Waals surface area contributed by atoms with Crippen LogP contribution in [0, 0.1) is 6.92 Å². The van der Waals surface area contributed by atoms with Crippen LogP contribution in [0.4, 0.5) is 0 Å². The number of carbonyl (C=O) groups is 2. The van der Waals surface area contributed by atoms with Crippen molar-refractivity contribution in [1.29, 1.82) is 0 Å². The highest BCUT2D eigenvalue weighted by molar-refractivity contribution is 5.94. The molecule has 2 aromatic rings. The molecule has 0 radical (unpaired) electrons. The number of aryl methyl sites for hydroxylation is 1. The average molecular weight is 368 g/mol. The van der Waals surface area contributed by atoms with Crippen LogP contribution in [-0.2, 0) is 27.5 Å². The van der Waals surface area contributed by atoms with Gasteiger partial charge in [-0.25, -0.2) is 4.79 Å². The summed E-state index contributed by atoms with van der Waals surface area (Å²) < 4.78 is 16.7.